The van der Waals surface area contributed by atoms with E-state index in [-0.39, 0.29) is 5.78 Å². The number of hydrogen-bond acceptors (Lipinski definition) is 2. The van der Waals surface area contributed by atoms with E-state index in [0.29, 0.717) is 5.57 Å². The average Bonchev–Trinajstić information content (AvgIpc) is 2.61. The molecule has 1 N–H and O–H groups in total. The predicted molar refractivity (Wildman–Crippen MR) is 57.6 cm³/mol. The Kier molecular flexibility index (Phi) is 1.51. The molecule has 2 aliphatic rings. The van der Waals surface area contributed by atoms with E-state index in [9.17, 15) is 4.79 Å². The first-order valence-corrected chi connectivity index (χ1v) is 4.80. The highest BCUT2D eigenvalue weighted by atomic mass is 16.1. The second-order valence-corrected chi connectivity index (χ2v) is 3.63. The topological polar surface area (TPSA) is 43.4 Å². The molecule has 0 saturated heterocycles. The molecule has 2 aliphatic heterocycles. The maximum absolute atomic E-state index is 12.1. The molecule has 1 aromatic carbocycles. The first kappa shape index (κ1) is 8.29. The van der Waals surface area contributed by atoms with Crippen LogP contribution in [0, 0.1) is 0 Å². The Bertz CT molecular complexity index is 565. The van der Waals surface area contributed by atoms with Crippen molar-refractivity contribution in [1.82, 2.24) is 0 Å². The number of fused-ring (bicyclic) bond motifs is 2. The lowest BCUT2D eigenvalue weighted by molar-refractivity contribution is -0.351. The van der Waals surface area contributed by atoms with E-state index < -0.39 is 0 Å². The van der Waals surface area contributed by atoms with Crippen LogP contribution in [-0.2, 0) is 0 Å². The van der Waals surface area contributed by atoms with Crippen LogP contribution in [0.2, 0.25) is 0 Å². The van der Waals surface area contributed by atoms with Crippen LogP contribution < -0.4 is 4.99 Å². The fourth-order valence-electron chi connectivity index (χ4n) is 1.94. The van der Waals surface area contributed by atoms with Crippen LogP contribution in [0.1, 0.15) is 17.3 Å². The molecule has 0 bridgehead atoms. The summed E-state index contributed by atoms with van der Waals surface area (Å²) in [5.41, 5.74) is 3.89. The lowest BCUT2D eigenvalue weighted by Crippen LogP contribution is -2.70. The Morgan fingerprint density at radius 1 is 1.27 bits per heavy atom. The monoisotopic (exact) mass is 197 g/mol. The van der Waals surface area contributed by atoms with Crippen molar-refractivity contribution in [1.29, 1.82) is 0 Å². The molecule has 1 aromatic rings. The number of carbonyl (C=O) groups excluding carboxylic acids is 1. The molecule has 2 heterocycles. The zero-order valence-corrected chi connectivity index (χ0v) is 8.24. The van der Waals surface area contributed by atoms with Gasteiger partial charge in [-0.1, -0.05) is 12.1 Å². The molecule has 0 radical (unpaired) electrons. The van der Waals surface area contributed by atoms with Crippen molar-refractivity contribution in [3.8, 4) is 0 Å². The smallest absolute Gasteiger partial charge is 0.235 e. The molecule has 0 amide bonds. The summed E-state index contributed by atoms with van der Waals surface area (Å²) in [7, 11) is 0. The van der Waals surface area contributed by atoms with Crippen molar-refractivity contribution >= 4 is 23.4 Å². The van der Waals surface area contributed by atoms with Gasteiger partial charge in [-0.25, -0.2) is 4.99 Å². The summed E-state index contributed by atoms with van der Waals surface area (Å²) >= 11 is 0. The molecular formula is C12H9N2O+. The van der Waals surface area contributed by atoms with E-state index in [4.69, 9.17) is 0 Å². The number of allylic oxidation sites excluding steroid dienone is 2. The summed E-state index contributed by atoms with van der Waals surface area (Å²) in [6, 6.07) is 7.51. The molecule has 0 spiro atoms. The number of para-hydroxylation sites is 1. The van der Waals surface area contributed by atoms with Gasteiger partial charge in [-0.2, -0.15) is 0 Å². The predicted octanol–water partition coefficient (Wildman–Crippen LogP) is 0.394. The summed E-state index contributed by atoms with van der Waals surface area (Å²) < 4.78 is 0. The van der Waals surface area contributed by atoms with Crippen molar-refractivity contribution in [2.24, 2.45) is 4.99 Å². The van der Waals surface area contributed by atoms with E-state index in [1.807, 2.05) is 31.2 Å². The van der Waals surface area contributed by atoms with Crippen molar-refractivity contribution in [2.75, 3.05) is 0 Å². The van der Waals surface area contributed by atoms with Gasteiger partial charge in [0.2, 0.25) is 17.2 Å². The highest BCUT2D eigenvalue weighted by Gasteiger charge is 2.34. The van der Waals surface area contributed by atoms with Crippen molar-refractivity contribution in [3.05, 3.63) is 41.1 Å². The van der Waals surface area contributed by atoms with Crippen molar-refractivity contribution in [2.45, 2.75) is 6.92 Å². The van der Waals surface area contributed by atoms with Crippen molar-refractivity contribution in [3.63, 3.8) is 0 Å². The third-order valence-electron chi connectivity index (χ3n) is 2.69. The molecule has 0 aromatic heterocycles. The lowest BCUT2D eigenvalue weighted by atomic mass is 9.95. The highest BCUT2D eigenvalue weighted by molar-refractivity contribution is 6.48. The SMILES string of the molecule is CC1=C2C(=O)c3ccccc3[NH+]=C2C=N1. The van der Waals surface area contributed by atoms with Gasteiger partial charge in [-0.15, -0.1) is 0 Å². The summed E-state index contributed by atoms with van der Waals surface area (Å²) in [5, 5.41) is 0. The third-order valence-corrected chi connectivity index (χ3v) is 2.69. The molecule has 3 heteroatoms. The van der Waals surface area contributed by atoms with Gasteiger partial charge in [0, 0.05) is 6.07 Å². The number of nitrogens with one attached hydrogen (secondary N) is 1. The minimum absolute atomic E-state index is 0.0642. The van der Waals surface area contributed by atoms with E-state index in [1.165, 1.54) is 0 Å². The first-order chi connectivity index (χ1) is 7.27. The van der Waals surface area contributed by atoms with E-state index in [0.717, 1.165) is 22.7 Å². The quantitative estimate of drug-likeness (QED) is 0.642. The van der Waals surface area contributed by atoms with Gasteiger partial charge in [0.05, 0.1) is 17.5 Å². The molecule has 0 unspecified atom stereocenters. The minimum Gasteiger partial charge on any atom is -0.288 e. The summed E-state index contributed by atoms with van der Waals surface area (Å²) in [6.07, 6.45) is 1.71. The highest BCUT2D eigenvalue weighted by Crippen LogP contribution is 2.22. The number of nitrogens with zero attached hydrogens (tertiary/aromatic N) is 1. The fourth-order valence-corrected chi connectivity index (χ4v) is 1.94. The largest absolute Gasteiger partial charge is 0.288 e. The number of Topliss-reactive ketones (excluding diaryl/α,β-unsaturated/α-hetero) is 1. The molecule has 3 rings (SSSR count). The Balaban J connectivity index is 2.32. The van der Waals surface area contributed by atoms with Gasteiger partial charge in [-0.05, 0) is 13.0 Å². The molecule has 0 atom stereocenters. The molecular weight excluding hydrogens is 188 g/mol. The second kappa shape index (κ2) is 2.73. The Morgan fingerprint density at radius 3 is 2.93 bits per heavy atom. The maximum atomic E-state index is 12.1. The van der Waals surface area contributed by atoms with Crippen LogP contribution in [0.5, 0.6) is 0 Å². The van der Waals surface area contributed by atoms with Crippen LogP contribution >= 0.6 is 0 Å². The fraction of sp³-hybridized carbons (Fsp3) is 0.0833. The molecule has 0 aliphatic carbocycles. The van der Waals surface area contributed by atoms with Crippen LogP contribution in [0.3, 0.4) is 0 Å². The van der Waals surface area contributed by atoms with Gasteiger partial charge < -0.3 is 0 Å². The number of rotatable bonds is 0. The maximum Gasteiger partial charge on any atom is 0.235 e. The average molecular weight is 197 g/mol. The Morgan fingerprint density at radius 2 is 2.07 bits per heavy atom. The number of hydrogen-bond donors (Lipinski definition) is 1. The number of benzene rings is 1. The first-order valence-electron chi connectivity index (χ1n) is 4.80. The standard InChI is InChI=1S/C12H8N2O/c1-7-11-10(6-13-7)14-9-5-3-2-4-8(9)12(11)15/h2-6H,1H3/p+1. The van der Waals surface area contributed by atoms with Crippen LogP contribution in [0.4, 0.5) is 5.69 Å². The van der Waals surface area contributed by atoms with Gasteiger partial charge >= 0.3 is 0 Å². The van der Waals surface area contributed by atoms with Crippen LogP contribution in [-0.4, -0.2) is 17.7 Å². The Hall–Kier alpha value is -2.03. The van der Waals surface area contributed by atoms with Gasteiger partial charge in [0.1, 0.15) is 5.57 Å². The number of ketones is 1. The lowest BCUT2D eigenvalue weighted by Gasteiger charge is -2.07. The molecule has 3 nitrogen and oxygen atoms in total. The van der Waals surface area contributed by atoms with E-state index in [1.54, 1.807) is 6.21 Å². The van der Waals surface area contributed by atoms with Gasteiger partial charge in [-0.3, -0.25) is 9.79 Å². The number of carbonyl (C=O) groups is 1. The molecule has 0 fully saturated rings. The zero-order chi connectivity index (χ0) is 10.4. The summed E-state index contributed by atoms with van der Waals surface area (Å²) in [5.74, 6) is 0.0642. The molecule has 0 saturated carbocycles. The normalized spacial score (nSPS) is 17.7. The summed E-state index contributed by atoms with van der Waals surface area (Å²) in [6.45, 7) is 1.85. The van der Waals surface area contributed by atoms with Crippen LogP contribution in [0.15, 0.2) is 40.5 Å². The van der Waals surface area contributed by atoms with Crippen molar-refractivity contribution < 1.29 is 9.79 Å². The Labute approximate surface area is 86.9 Å². The van der Waals surface area contributed by atoms with E-state index >= 15 is 0 Å². The molecule has 15 heavy (non-hydrogen) atoms. The van der Waals surface area contributed by atoms with Crippen LogP contribution in [0.25, 0.3) is 0 Å². The summed E-state index contributed by atoms with van der Waals surface area (Å²) in [4.78, 5) is 19.5. The second-order valence-electron chi connectivity index (χ2n) is 3.63. The zero-order valence-electron chi connectivity index (χ0n) is 8.24. The van der Waals surface area contributed by atoms with Gasteiger partial charge in [0.25, 0.3) is 0 Å². The third kappa shape index (κ3) is 1.03. The molecule has 72 valence electrons. The van der Waals surface area contributed by atoms with Gasteiger partial charge in [0.15, 0.2) is 0 Å². The minimum atomic E-state index is 0.0642. The number of aliphatic imine (C=N–C) groups is 1. The van der Waals surface area contributed by atoms with E-state index in [2.05, 4.69) is 9.98 Å².